The molecule has 10 rings (SSSR count). The number of benzene rings is 8. The van der Waals surface area contributed by atoms with Crippen LogP contribution in [0.15, 0.2) is 199 Å². The lowest BCUT2D eigenvalue weighted by atomic mass is 9.97. The van der Waals surface area contributed by atoms with E-state index in [-0.39, 0.29) is 0 Å². The lowest BCUT2D eigenvalue weighted by Gasteiger charge is -2.28. The summed E-state index contributed by atoms with van der Waals surface area (Å²) >= 11 is 0. The molecule has 0 unspecified atom stereocenters. The predicted molar refractivity (Wildman–Crippen MR) is 218 cm³/mol. The summed E-state index contributed by atoms with van der Waals surface area (Å²) in [7, 11) is 0. The molecule has 0 aliphatic rings. The van der Waals surface area contributed by atoms with Gasteiger partial charge in [-0.05, 0) is 86.6 Å². The Morgan fingerprint density at radius 1 is 0.404 bits per heavy atom. The molecule has 10 aromatic rings. The van der Waals surface area contributed by atoms with Crippen molar-refractivity contribution in [2.75, 3.05) is 4.90 Å². The van der Waals surface area contributed by atoms with Crippen LogP contribution in [0.4, 0.5) is 17.1 Å². The Labute approximate surface area is 301 Å². The van der Waals surface area contributed by atoms with Gasteiger partial charge in [-0.3, -0.25) is 4.98 Å². The Balaban J connectivity index is 1.14. The number of para-hydroxylation sites is 1. The van der Waals surface area contributed by atoms with Crippen LogP contribution in [-0.2, 0) is 0 Å². The quantitative estimate of drug-likeness (QED) is 0.177. The number of furan rings is 1. The van der Waals surface area contributed by atoms with Crippen LogP contribution in [0.2, 0.25) is 0 Å². The Bertz CT molecular complexity index is 2870. The molecular weight excluding hydrogens is 633 g/mol. The maximum absolute atomic E-state index is 6.51. The first kappa shape index (κ1) is 29.9. The number of fused-ring (bicyclic) bond motifs is 5. The summed E-state index contributed by atoms with van der Waals surface area (Å²) in [5.41, 5.74) is 12.0. The highest BCUT2D eigenvalue weighted by atomic mass is 16.3. The molecule has 0 saturated carbocycles. The highest BCUT2D eigenvalue weighted by molar-refractivity contribution is 6.21. The van der Waals surface area contributed by atoms with Gasteiger partial charge in [-0.25, -0.2) is 0 Å². The van der Waals surface area contributed by atoms with E-state index in [0.29, 0.717) is 0 Å². The van der Waals surface area contributed by atoms with Crippen LogP contribution in [0, 0.1) is 0 Å². The molecular formula is C49H32N2O. The fraction of sp³-hybridized carbons (Fsp3) is 0. The average molecular weight is 665 g/mol. The summed E-state index contributed by atoms with van der Waals surface area (Å²) in [6, 6.07) is 64.8. The van der Waals surface area contributed by atoms with Crippen LogP contribution in [0.5, 0.6) is 0 Å². The standard InChI is InChI=1S/C49H32N2O/c1-2-9-33(10-3-1)34-17-19-35(20-18-34)36-21-25-40(26-22-36)51(41-27-23-38(24-28-41)43-15-8-12-37-11-4-5-13-42(37)43)49-44-29-30-50-32-39(44)31-47-48(49)45-14-6-7-16-46(45)52-47/h1-32H. The molecule has 0 amide bonds. The Morgan fingerprint density at radius 3 is 1.71 bits per heavy atom. The average Bonchev–Trinajstić information content (AvgIpc) is 3.59. The minimum Gasteiger partial charge on any atom is -0.456 e. The molecule has 0 aliphatic heterocycles. The predicted octanol–water partition coefficient (Wildman–Crippen LogP) is 13.8. The molecule has 8 aromatic carbocycles. The summed E-state index contributed by atoms with van der Waals surface area (Å²) in [4.78, 5) is 6.88. The number of anilines is 3. The first-order valence-electron chi connectivity index (χ1n) is 17.6. The zero-order valence-electron chi connectivity index (χ0n) is 28.3. The Morgan fingerprint density at radius 2 is 0.981 bits per heavy atom. The second-order valence-corrected chi connectivity index (χ2v) is 13.2. The summed E-state index contributed by atoms with van der Waals surface area (Å²) in [5.74, 6) is 0. The lowest BCUT2D eigenvalue weighted by molar-refractivity contribution is 0.669. The SMILES string of the molecule is c1ccc(-c2ccc(-c3ccc(N(c4ccc(-c5cccc6ccccc56)cc4)c4c5ccncc5cc5oc6ccccc6c45)cc3)cc2)cc1. The minimum atomic E-state index is 0.837. The molecule has 0 saturated heterocycles. The molecule has 52 heavy (non-hydrogen) atoms. The van der Waals surface area contributed by atoms with Crippen molar-refractivity contribution in [1.82, 2.24) is 4.98 Å². The topological polar surface area (TPSA) is 29.3 Å². The molecule has 2 aromatic heterocycles. The Kier molecular flexibility index (Phi) is 7.14. The van der Waals surface area contributed by atoms with Crippen molar-refractivity contribution < 1.29 is 4.42 Å². The van der Waals surface area contributed by atoms with Crippen LogP contribution in [0.1, 0.15) is 0 Å². The third-order valence-electron chi connectivity index (χ3n) is 10.2. The van der Waals surface area contributed by atoms with Gasteiger partial charge in [0.2, 0.25) is 0 Å². The van der Waals surface area contributed by atoms with E-state index < -0.39 is 0 Å². The van der Waals surface area contributed by atoms with E-state index in [4.69, 9.17) is 4.42 Å². The van der Waals surface area contributed by atoms with E-state index in [9.17, 15) is 0 Å². The minimum absolute atomic E-state index is 0.837. The molecule has 0 aliphatic carbocycles. The van der Waals surface area contributed by atoms with Gasteiger partial charge in [-0.2, -0.15) is 0 Å². The van der Waals surface area contributed by atoms with Crippen LogP contribution >= 0.6 is 0 Å². The fourth-order valence-electron chi connectivity index (χ4n) is 7.62. The van der Waals surface area contributed by atoms with E-state index in [0.717, 1.165) is 55.3 Å². The van der Waals surface area contributed by atoms with Crippen molar-refractivity contribution in [2.24, 2.45) is 0 Å². The Hall–Kier alpha value is -6.97. The second kappa shape index (κ2) is 12.4. The molecule has 2 heterocycles. The molecule has 0 bridgehead atoms. The monoisotopic (exact) mass is 664 g/mol. The van der Waals surface area contributed by atoms with Crippen molar-refractivity contribution in [3.05, 3.63) is 194 Å². The van der Waals surface area contributed by atoms with Crippen molar-refractivity contribution in [3.8, 4) is 33.4 Å². The summed E-state index contributed by atoms with van der Waals surface area (Å²) in [6.45, 7) is 0. The molecule has 3 heteroatoms. The molecule has 0 atom stereocenters. The first-order chi connectivity index (χ1) is 25.8. The number of aromatic nitrogens is 1. The van der Waals surface area contributed by atoms with Gasteiger partial charge in [-0.1, -0.05) is 140 Å². The zero-order chi connectivity index (χ0) is 34.4. The number of hydrogen-bond donors (Lipinski definition) is 0. The zero-order valence-corrected chi connectivity index (χ0v) is 28.3. The second-order valence-electron chi connectivity index (χ2n) is 13.2. The largest absolute Gasteiger partial charge is 0.456 e. The van der Waals surface area contributed by atoms with Gasteiger partial charge in [0, 0.05) is 39.9 Å². The first-order valence-corrected chi connectivity index (χ1v) is 17.6. The normalized spacial score (nSPS) is 11.5. The van der Waals surface area contributed by atoms with Gasteiger partial charge in [0.1, 0.15) is 11.2 Å². The van der Waals surface area contributed by atoms with E-state index in [2.05, 4.69) is 180 Å². The van der Waals surface area contributed by atoms with Gasteiger partial charge in [-0.15, -0.1) is 0 Å². The van der Waals surface area contributed by atoms with Gasteiger partial charge < -0.3 is 9.32 Å². The molecule has 0 fully saturated rings. The van der Waals surface area contributed by atoms with E-state index in [1.54, 1.807) is 0 Å². The molecule has 0 spiro atoms. The highest BCUT2D eigenvalue weighted by Crippen LogP contribution is 2.47. The third-order valence-corrected chi connectivity index (χ3v) is 10.2. The van der Waals surface area contributed by atoms with Crippen LogP contribution < -0.4 is 4.90 Å². The highest BCUT2D eigenvalue weighted by Gasteiger charge is 2.23. The number of nitrogens with zero attached hydrogens (tertiary/aromatic N) is 2. The molecule has 0 N–H and O–H groups in total. The van der Waals surface area contributed by atoms with Crippen molar-refractivity contribution in [1.29, 1.82) is 0 Å². The van der Waals surface area contributed by atoms with Crippen LogP contribution in [-0.4, -0.2) is 4.98 Å². The van der Waals surface area contributed by atoms with Gasteiger partial charge in [0.05, 0.1) is 11.1 Å². The lowest BCUT2D eigenvalue weighted by Crippen LogP contribution is -2.11. The van der Waals surface area contributed by atoms with Gasteiger partial charge in [0.25, 0.3) is 0 Å². The maximum Gasteiger partial charge on any atom is 0.138 e. The fourth-order valence-corrected chi connectivity index (χ4v) is 7.62. The van der Waals surface area contributed by atoms with E-state index in [1.807, 2.05) is 24.5 Å². The number of pyridine rings is 1. The number of hydrogen-bond acceptors (Lipinski definition) is 3. The van der Waals surface area contributed by atoms with Gasteiger partial charge >= 0.3 is 0 Å². The smallest absolute Gasteiger partial charge is 0.138 e. The molecule has 3 nitrogen and oxygen atoms in total. The van der Waals surface area contributed by atoms with Crippen LogP contribution in [0.3, 0.4) is 0 Å². The summed E-state index contributed by atoms with van der Waals surface area (Å²) in [6.07, 6.45) is 3.80. The maximum atomic E-state index is 6.51. The number of rotatable bonds is 6. The van der Waals surface area contributed by atoms with E-state index >= 15 is 0 Å². The summed E-state index contributed by atoms with van der Waals surface area (Å²) in [5, 5.41) is 6.77. The molecule has 244 valence electrons. The van der Waals surface area contributed by atoms with Crippen molar-refractivity contribution in [2.45, 2.75) is 0 Å². The van der Waals surface area contributed by atoms with Crippen LogP contribution in [0.25, 0.3) is 76.9 Å². The van der Waals surface area contributed by atoms with Crippen molar-refractivity contribution >= 4 is 60.5 Å². The molecule has 0 radical (unpaired) electrons. The third kappa shape index (κ3) is 5.10. The van der Waals surface area contributed by atoms with Gasteiger partial charge in [0.15, 0.2) is 0 Å². The van der Waals surface area contributed by atoms with E-state index in [1.165, 1.54) is 38.6 Å². The van der Waals surface area contributed by atoms with Crippen molar-refractivity contribution in [3.63, 3.8) is 0 Å². The summed E-state index contributed by atoms with van der Waals surface area (Å²) < 4.78 is 6.51.